The van der Waals surface area contributed by atoms with E-state index in [1.165, 1.54) is 25.5 Å². The number of carboxylic acid groups (broad SMARTS) is 1. The third-order valence-electron chi connectivity index (χ3n) is 4.78. The number of amides is 3. The summed E-state index contributed by atoms with van der Waals surface area (Å²) in [5.74, 6) is -2.69. The lowest BCUT2D eigenvalue weighted by atomic mass is 10.0. The molecule has 0 radical (unpaired) electrons. The zero-order valence-corrected chi connectivity index (χ0v) is 20.3. The summed E-state index contributed by atoms with van der Waals surface area (Å²) in [7, 11) is -0.566. The highest BCUT2D eigenvalue weighted by Crippen LogP contribution is 2.42. The third kappa shape index (κ3) is 5.51. The van der Waals surface area contributed by atoms with Crippen LogP contribution in [0.5, 0.6) is 0 Å². The van der Waals surface area contributed by atoms with Crippen molar-refractivity contribution >= 4 is 49.1 Å². The Bertz CT molecular complexity index is 1110. The standard InChI is InChI=1S/C18H21N4O11PS/c1-29-20-11(10-5-4-6-32-10)14(23)19-12-15(24)22-13(17(25)26)9(8-35-16(12)22)7-33-18(27)21-34(28,30-2)31-3/h4-6,12,16H,7-8H2,1-3H3,(H,19,23)(H,25,26)(H,21,27,28)/t12-,16-/m1/s1. The number of β-lactam (4-membered cyclic amide) rings is 1. The van der Waals surface area contributed by atoms with Crippen molar-refractivity contribution in [3.63, 3.8) is 0 Å². The summed E-state index contributed by atoms with van der Waals surface area (Å²) in [6.07, 6.45) is 0.155. The third-order valence-corrected chi connectivity index (χ3v) is 7.53. The maximum Gasteiger partial charge on any atom is 0.437 e. The molecule has 0 aliphatic carbocycles. The van der Waals surface area contributed by atoms with E-state index in [9.17, 15) is 28.8 Å². The molecule has 0 bridgehead atoms. The van der Waals surface area contributed by atoms with Crippen LogP contribution in [0.4, 0.5) is 4.79 Å². The monoisotopic (exact) mass is 532 g/mol. The van der Waals surface area contributed by atoms with Gasteiger partial charge in [-0.1, -0.05) is 5.16 Å². The van der Waals surface area contributed by atoms with Crippen LogP contribution in [0.2, 0.25) is 0 Å². The van der Waals surface area contributed by atoms with Crippen LogP contribution in [0.3, 0.4) is 0 Å². The van der Waals surface area contributed by atoms with E-state index in [0.29, 0.717) is 0 Å². The summed E-state index contributed by atoms with van der Waals surface area (Å²) in [6, 6.07) is 1.98. The molecule has 0 saturated carbocycles. The molecule has 17 heteroatoms. The number of fused-ring (bicyclic) bond motifs is 1. The molecule has 0 aromatic carbocycles. The lowest BCUT2D eigenvalue weighted by Crippen LogP contribution is -2.71. The average molecular weight is 532 g/mol. The van der Waals surface area contributed by atoms with Gasteiger partial charge in [-0.15, -0.1) is 11.8 Å². The van der Waals surface area contributed by atoms with Gasteiger partial charge in [0.2, 0.25) is 5.71 Å². The van der Waals surface area contributed by atoms with Crippen molar-refractivity contribution in [2.75, 3.05) is 33.7 Å². The summed E-state index contributed by atoms with van der Waals surface area (Å²) in [4.78, 5) is 54.9. The normalized spacial score (nSPS) is 20.0. The Hall–Kier alpha value is -3.33. The van der Waals surface area contributed by atoms with Crippen molar-refractivity contribution in [3.05, 3.63) is 35.4 Å². The van der Waals surface area contributed by atoms with Crippen molar-refractivity contribution in [3.8, 4) is 0 Å². The van der Waals surface area contributed by atoms with Gasteiger partial charge in [0.25, 0.3) is 11.8 Å². The van der Waals surface area contributed by atoms with Crippen LogP contribution in [-0.4, -0.2) is 84.7 Å². The molecule has 2 aliphatic rings. The molecule has 15 nitrogen and oxygen atoms in total. The van der Waals surface area contributed by atoms with Gasteiger partial charge in [-0.3, -0.25) is 23.5 Å². The molecule has 3 N–H and O–H groups in total. The van der Waals surface area contributed by atoms with Crippen LogP contribution < -0.4 is 10.4 Å². The van der Waals surface area contributed by atoms with Gasteiger partial charge in [-0.25, -0.2) is 19.2 Å². The Kier molecular flexibility index (Phi) is 8.22. The van der Waals surface area contributed by atoms with Gasteiger partial charge in [0, 0.05) is 25.5 Å². The average Bonchev–Trinajstić information content (AvgIpc) is 3.38. The van der Waals surface area contributed by atoms with E-state index in [-0.39, 0.29) is 28.5 Å². The van der Waals surface area contributed by atoms with Crippen molar-refractivity contribution < 1.29 is 51.9 Å². The number of nitrogens with zero attached hydrogens (tertiary/aromatic N) is 2. The molecule has 3 heterocycles. The maximum absolute atomic E-state index is 12.8. The van der Waals surface area contributed by atoms with Crippen molar-refractivity contribution in [2.45, 2.75) is 11.4 Å². The lowest BCUT2D eigenvalue weighted by molar-refractivity contribution is -0.150. The van der Waals surface area contributed by atoms with E-state index in [4.69, 9.17) is 9.15 Å². The molecule has 1 saturated heterocycles. The fourth-order valence-electron chi connectivity index (χ4n) is 3.17. The first-order valence-corrected chi connectivity index (χ1v) is 12.3. The number of rotatable bonds is 10. The minimum atomic E-state index is -3.91. The Morgan fingerprint density at radius 1 is 1.31 bits per heavy atom. The Labute approximate surface area is 202 Å². The zero-order chi connectivity index (χ0) is 25.8. The number of oxime groups is 1. The fourth-order valence-corrected chi connectivity index (χ4v) is 5.12. The lowest BCUT2D eigenvalue weighted by Gasteiger charge is -2.49. The van der Waals surface area contributed by atoms with E-state index in [1.54, 1.807) is 0 Å². The van der Waals surface area contributed by atoms with Gasteiger partial charge < -0.3 is 24.4 Å². The molecule has 2 aliphatic heterocycles. The molecule has 1 fully saturated rings. The molecule has 1 aromatic heterocycles. The fraction of sp³-hybridized carbons (Fsp3) is 0.389. The van der Waals surface area contributed by atoms with Crippen molar-refractivity contribution in [1.29, 1.82) is 0 Å². The van der Waals surface area contributed by atoms with Gasteiger partial charge in [-0.05, 0) is 12.1 Å². The number of carbonyl (C=O) groups excluding carboxylic acids is 3. The first kappa shape index (κ1) is 26.3. The van der Waals surface area contributed by atoms with E-state index < -0.39 is 49.6 Å². The molecule has 2 atom stereocenters. The minimum Gasteiger partial charge on any atom is -0.477 e. The van der Waals surface area contributed by atoms with Gasteiger partial charge >= 0.3 is 19.8 Å². The number of carboxylic acids is 1. The highest BCUT2D eigenvalue weighted by Gasteiger charge is 2.54. The summed E-state index contributed by atoms with van der Waals surface area (Å²) in [5, 5.41) is 17.0. The molecule has 35 heavy (non-hydrogen) atoms. The highest BCUT2D eigenvalue weighted by atomic mass is 32.2. The number of thioether (sulfide) groups is 1. The number of furan rings is 1. The predicted octanol–water partition coefficient (Wildman–Crippen LogP) is 0.496. The second-order valence-corrected chi connectivity index (χ2v) is 9.82. The molecule has 1 aromatic rings. The van der Waals surface area contributed by atoms with Crippen LogP contribution in [0.1, 0.15) is 5.76 Å². The quantitative estimate of drug-likeness (QED) is 0.164. The number of hydrogen-bond donors (Lipinski definition) is 3. The van der Waals surface area contributed by atoms with Gasteiger partial charge in [0.1, 0.15) is 30.8 Å². The molecule has 3 amide bonds. The summed E-state index contributed by atoms with van der Waals surface area (Å²) < 4.78 is 31.2. The van der Waals surface area contributed by atoms with Crippen LogP contribution in [0, 0.1) is 0 Å². The van der Waals surface area contributed by atoms with E-state index in [0.717, 1.165) is 30.9 Å². The van der Waals surface area contributed by atoms with E-state index >= 15 is 0 Å². The molecular formula is C18H21N4O11PS. The Morgan fingerprint density at radius 3 is 2.60 bits per heavy atom. The van der Waals surface area contributed by atoms with Crippen molar-refractivity contribution in [2.24, 2.45) is 5.16 Å². The van der Waals surface area contributed by atoms with Crippen LogP contribution in [-0.2, 0) is 37.6 Å². The number of ether oxygens (including phenoxy) is 1. The van der Waals surface area contributed by atoms with Crippen LogP contribution in [0.25, 0.3) is 0 Å². The topological polar surface area (TPSA) is 195 Å². The molecule has 0 unspecified atom stereocenters. The second-order valence-electron chi connectivity index (χ2n) is 6.77. The summed E-state index contributed by atoms with van der Waals surface area (Å²) >= 11 is 1.15. The number of hydrogen-bond acceptors (Lipinski definition) is 12. The Balaban J connectivity index is 1.70. The minimum absolute atomic E-state index is 0.0686. The first-order valence-electron chi connectivity index (χ1n) is 9.68. The molecule has 0 spiro atoms. The predicted molar refractivity (Wildman–Crippen MR) is 118 cm³/mol. The van der Waals surface area contributed by atoms with Gasteiger partial charge in [0.15, 0.2) is 5.76 Å². The Morgan fingerprint density at radius 2 is 2.03 bits per heavy atom. The largest absolute Gasteiger partial charge is 0.477 e. The second kappa shape index (κ2) is 10.9. The smallest absolute Gasteiger partial charge is 0.437 e. The van der Waals surface area contributed by atoms with Crippen LogP contribution >= 0.6 is 19.5 Å². The first-order chi connectivity index (χ1) is 16.7. The molecule has 190 valence electrons. The molecule has 3 rings (SSSR count). The SMILES string of the molecule is CON=C(C(=O)N[C@@H]1C(=O)N2C(C(=O)O)=C(COC(=O)NP(=O)(OC)OC)CS[C@H]12)c1ccco1. The molecular weight excluding hydrogens is 511 g/mol. The van der Waals surface area contributed by atoms with Gasteiger partial charge in [-0.2, -0.15) is 0 Å². The number of nitrogens with one attached hydrogen (secondary N) is 2. The summed E-state index contributed by atoms with van der Waals surface area (Å²) in [5.41, 5.74) is -0.465. The van der Waals surface area contributed by atoms with E-state index in [1.807, 2.05) is 5.09 Å². The summed E-state index contributed by atoms with van der Waals surface area (Å²) in [6.45, 7) is -0.509. The van der Waals surface area contributed by atoms with Crippen LogP contribution in [0.15, 0.2) is 39.2 Å². The van der Waals surface area contributed by atoms with E-state index in [2.05, 4.69) is 24.4 Å². The van der Waals surface area contributed by atoms with Gasteiger partial charge in [0.05, 0.1) is 6.26 Å². The highest BCUT2D eigenvalue weighted by molar-refractivity contribution is 8.00. The number of aliphatic carboxylic acids is 1. The zero-order valence-electron chi connectivity index (χ0n) is 18.6. The van der Waals surface area contributed by atoms with Crippen molar-refractivity contribution in [1.82, 2.24) is 15.3 Å². The maximum atomic E-state index is 12.8. The number of carbonyl (C=O) groups is 4.